The highest BCUT2D eigenvalue weighted by atomic mass is 32.1. The molecule has 0 saturated carbocycles. The largest absolute Gasteiger partial charge is 0.468 e. The maximum absolute atomic E-state index is 11.4. The molecule has 25 heavy (non-hydrogen) atoms. The highest BCUT2D eigenvalue weighted by molar-refractivity contribution is 7.21. The SMILES string of the molecule is COC(=O)CNc1nc2cc(-c3ccccc3)sc2n2c(C)cnc12. The van der Waals surface area contributed by atoms with Gasteiger partial charge in [0.15, 0.2) is 11.5 Å². The predicted octanol–water partition coefficient (Wildman–Crippen LogP) is 3.50. The van der Waals surface area contributed by atoms with Crippen molar-refractivity contribution in [2.45, 2.75) is 6.92 Å². The molecular weight excluding hydrogens is 336 g/mol. The Labute approximate surface area is 148 Å². The van der Waals surface area contributed by atoms with Crippen LogP contribution in [0.5, 0.6) is 0 Å². The minimum Gasteiger partial charge on any atom is -0.468 e. The van der Waals surface area contributed by atoms with E-state index in [0.717, 1.165) is 26.5 Å². The zero-order chi connectivity index (χ0) is 17.4. The number of anilines is 1. The van der Waals surface area contributed by atoms with Gasteiger partial charge in [-0.3, -0.25) is 9.20 Å². The molecule has 0 aliphatic heterocycles. The quantitative estimate of drug-likeness (QED) is 0.569. The minimum atomic E-state index is -0.349. The van der Waals surface area contributed by atoms with Crippen molar-refractivity contribution < 1.29 is 9.53 Å². The summed E-state index contributed by atoms with van der Waals surface area (Å²) in [4.78, 5) is 22.7. The average molecular weight is 352 g/mol. The van der Waals surface area contributed by atoms with Gasteiger partial charge in [-0.2, -0.15) is 0 Å². The van der Waals surface area contributed by atoms with Crippen LogP contribution in [0.25, 0.3) is 26.4 Å². The third-order valence-electron chi connectivity index (χ3n) is 3.97. The maximum atomic E-state index is 11.4. The van der Waals surface area contributed by atoms with E-state index >= 15 is 0 Å². The number of carbonyl (C=O) groups is 1. The first-order chi connectivity index (χ1) is 12.2. The van der Waals surface area contributed by atoms with Gasteiger partial charge in [-0.1, -0.05) is 30.3 Å². The summed E-state index contributed by atoms with van der Waals surface area (Å²) >= 11 is 1.68. The molecule has 0 bridgehead atoms. The highest BCUT2D eigenvalue weighted by Gasteiger charge is 2.16. The van der Waals surface area contributed by atoms with Crippen molar-refractivity contribution >= 4 is 39.1 Å². The fourth-order valence-electron chi connectivity index (χ4n) is 2.73. The van der Waals surface area contributed by atoms with E-state index in [0.29, 0.717) is 11.5 Å². The molecule has 0 radical (unpaired) electrons. The number of ether oxygens (including phenoxy) is 1. The van der Waals surface area contributed by atoms with Crippen LogP contribution in [-0.2, 0) is 9.53 Å². The van der Waals surface area contributed by atoms with Gasteiger partial charge >= 0.3 is 5.97 Å². The molecule has 0 fully saturated rings. The standard InChI is InChI=1S/C18H16N4O2S/c1-11-9-20-17-16(19-10-15(23)24-2)21-13-8-14(25-18(13)22(11)17)12-6-4-3-5-7-12/h3-9H,10H2,1-2H3,(H,19,21). The molecule has 7 heteroatoms. The van der Waals surface area contributed by atoms with E-state index in [1.54, 1.807) is 11.3 Å². The topological polar surface area (TPSA) is 68.5 Å². The lowest BCUT2D eigenvalue weighted by molar-refractivity contribution is -0.138. The van der Waals surface area contributed by atoms with E-state index in [1.807, 2.05) is 31.3 Å². The molecule has 1 N–H and O–H groups in total. The average Bonchev–Trinajstić information content (AvgIpc) is 3.23. The highest BCUT2D eigenvalue weighted by Crippen LogP contribution is 2.34. The van der Waals surface area contributed by atoms with Crippen LogP contribution < -0.4 is 5.32 Å². The Kier molecular flexibility index (Phi) is 3.85. The lowest BCUT2D eigenvalue weighted by atomic mass is 10.2. The van der Waals surface area contributed by atoms with Gasteiger partial charge in [0, 0.05) is 16.8 Å². The van der Waals surface area contributed by atoms with E-state index in [9.17, 15) is 4.79 Å². The van der Waals surface area contributed by atoms with Gasteiger partial charge in [0.25, 0.3) is 0 Å². The molecule has 6 nitrogen and oxygen atoms in total. The van der Waals surface area contributed by atoms with Crippen LogP contribution in [-0.4, -0.2) is 34.0 Å². The van der Waals surface area contributed by atoms with E-state index in [4.69, 9.17) is 0 Å². The second kappa shape index (κ2) is 6.18. The molecule has 3 heterocycles. The third kappa shape index (κ3) is 2.72. The van der Waals surface area contributed by atoms with E-state index in [2.05, 4.69) is 42.6 Å². The molecule has 126 valence electrons. The monoisotopic (exact) mass is 352 g/mol. The number of carbonyl (C=O) groups excluding carboxylic acids is 1. The predicted molar refractivity (Wildman–Crippen MR) is 99.0 cm³/mol. The Morgan fingerprint density at radius 2 is 2.12 bits per heavy atom. The van der Waals surface area contributed by atoms with Crippen molar-refractivity contribution in [2.24, 2.45) is 0 Å². The summed E-state index contributed by atoms with van der Waals surface area (Å²) in [5.74, 6) is 0.224. The van der Waals surface area contributed by atoms with Crippen LogP contribution in [0.15, 0.2) is 42.6 Å². The van der Waals surface area contributed by atoms with Crippen molar-refractivity contribution in [3.05, 3.63) is 48.3 Å². The van der Waals surface area contributed by atoms with E-state index < -0.39 is 0 Å². The number of thiophene rings is 1. The van der Waals surface area contributed by atoms with Crippen LogP contribution in [0.2, 0.25) is 0 Å². The van der Waals surface area contributed by atoms with Gasteiger partial charge in [-0.15, -0.1) is 11.3 Å². The number of esters is 1. The molecule has 4 rings (SSSR count). The lowest BCUT2D eigenvalue weighted by Gasteiger charge is -2.07. The Morgan fingerprint density at radius 3 is 2.88 bits per heavy atom. The molecule has 0 saturated heterocycles. The van der Waals surface area contributed by atoms with Crippen LogP contribution in [0.1, 0.15) is 5.69 Å². The second-order valence-corrected chi connectivity index (χ2v) is 6.65. The summed E-state index contributed by atoms with van der Waals surface area (Å²) in [5.41, 5.74) is 3.74. The van der Waals surface area contributed by atoms with Gasteiger partial charge < -0.3 is 10.1 Å². The molecule has 0 amide bonds. The summed E-state index contributed by atoms with van der Waals surface area (Å²) < 4.78 is 6.75. The molecule has 1 aromatic carbocycles. The summed E-state index contributed by atoms with van der Waals surface area (Å²) in [7, 11) is 1.36. The van der Waals surface area contributed by atoms with E-state index in [-0.39, 0.29) is 12.5 Å². The second-order valence-electron chi connectivity index (χ2n) is 5.62. The number of aryl methyl sites for hydroxylation is 1. The number of imidazole rings is 1. The van der Waals surface area contributed by atoms with Gasteiger partial charge in [0.1, 0.15) is 16.9 Å². The number of fused-ring (bicyclic) bond motifs is 3. The molecule has 4 aromatic rings. The number of nitrogens with one attached hydrogen (secondary N) is 1. The molecule has 0 atom stereocenters. The molecule has 3 aromatic heterocycles. The zero-order valence-corrected chi connectivity index (χ0v) is 14.6. The number of nitrogens with zero attached hydrogens (tertiary/aromatic N) is 3. The first-order valence-electron chi connectivity index (χ1n) is 7.81. The number of aromatic nitrogens is 3. The number of methoxy groups -OCH3 is 1. The smallest absolute Gasteiger partial charge is 0.325 e. The van der Waals surface area contributed by atoms with Crippen LogP contribution in [0.3, 0.4) is 0 Å². The van der Waals surface area contributed by atoms with Crippen molar-refractivity contribution in [1.29, 1.82) is 0 Å². The lowest BCUT2D eigenvalue weighted by Crippen LogP contribution is -2.16. The summed E-state index contributed by atoms with van der Waals surface area (Å²) in [5, 5.41) is 3.03. The summed E-state index contributed by atoms with van der Waals surface area (Å²) in [6.45, 7) is 2.05. The van der Waals surface area contributed by atoms with Gasteiger partial charge in [0.05, 0.1) is 7.11 Å². The Morgan fingerprint density at radius 1 is 1.32 bits per heavy atom. The third-order valence-corrected chi connectivity index (χ3v) is 5.12. The number of hydrogen-bond donors (Lipinski definition) is 1. The van der Waals surface area contributed by atoms with Gasteiger partial charge in [-0.05, 0) is 18.6 Å². The fraction of sp³-hybridized carbons (Fsp3) is 0.167. The Balaban J connectivity index is 1.88. The Hall–Kier alpha value is -2.93. The number of rotatable bonds is 4. The summed E-state index contributed by atoms with van der Waals surface area (Å²) in [6.07, 6.45) is 1.81. The van der Waals surface area contributed by atoms with Crippen molar-refractivity contribution in [2.75, 3.05) is 19.0 Å². The van der Waals surface area contributed by atoms with Crippen LogP contribution in [0.4, 0.5) is 5.82 Å². The van der Waals surface area contributed by atoms with Crippen molar-refractivity contribution in [3.63, 3.8) is 0 Å². The molecule has 0 aliphatic carbocycles. The zero-order valence-electron chi connectivity index (χ0n) is 13.8. The van der Waals surface area contributed by atoms with E-state index in [1.165, 1.54) is 7.11 Å². The van der Waals surface area contributed by atoms with Crippen molar-refractivity contribution in [1.82, 2.24) is 14.4 Å². The number of benzene rings is 1. The molecule has 0 spiro atoms. The van der Waals surface area contributed by atoms with Crippen LogP contribution in [0, 0.1) is 6.92 Å². The molecule has 0 unspecified atom stereocenters. The van der Waals surface area contributed by atoms with Gasteiger partial charge in [-0.25, -0.2) is 9.97 Å². The molecule has 0 aliphatic rings. The first-order valence-corrected chi connectivity index (χ1v) is 8.62. The van der Waals surface area contributed by atoms with Gasteiger partial charge in [0.2, 0.25) is 0 Å². The van der Waals surface area contributed by atoms with Crippen LogP contribution >= 0.6 is 11.3 Å². The Bertz CT molecular complexity index is 1070. The van der Waals surface area contributed by atoms with Crippen molar-refractivity contribution in [3.8, 4) is 10.4 Å². The fourth-order valence-corrected chi connectivity index (χ4v) is 3.90. The normalized spacial score (nSPS) is 11.1. The number of hydrogen-bond acceptors (Lipinski definition) is 6. The summed E-state index contributed by atoms with van der Waals surface area (Å²) in [6, 6.07) is 12.3. The minimum absolute atomic E-state index is 0.0479. The maximum Gasteiger partial charge on any atom is 0.325 e. The molecular formula is C18H16N4O2S. The first kappa shape index (κ1) is 15.6.